The van der Waals surface area contributed by atoms with Crippen molar-refractivity contribution in [1.82, 2.24) is 5.32 Å². The second kappa shape index (κ2) is 7.87. The normalized spacial score (nSPS) is 13.8. The van der Waals surface area contributed by atoms with Crippen LogP contribution in [0.2, 0.25) is 0 Å². The lowest BCUT2D eigenvalue weighted by molar-refractivity contribution is -0.119. The quantitative estimate of drug-likeness (QED) is 0.597. The van der Waals surface area contributed by atoms with Gasteiger partial charge in [0.25, 0.3) is 5.91 Å². The smallest absolute Gasteiger partial charge is 0.405 e. The molecule has 0 bridgehead atoms. The molecule has 8 nitrogen and oxygen atoms in total. The molecule has 0 fully saturated rings. The van der Waals surface area contributed by atoms with E-state index < -0.39 is 29.8 Å². The van der Waals surface area contributed by atoms with Crippen LogP contribution in [0.4, 0.5) is 14.9 Å². The number of fused-ring (bicyclic) bond motifs is 1. The van der Waals surface area contributed by atoms with Gasteiger partial charge in [0.1, 0.15) is 23.1 Å². The van der Waals surface area contributed by atoms with E-state index in [1.807, 2.05) is 20.8 Å². The Morgan fingerprint density at radius 2 is 1.93 bits per heavy atom. The third-order valence-electron chi connectivity index (χ3n) is 4.19. The number of carboxylic acid groups (broad SMARTS) is 1. The highest BCUT2D eigenvalue weighted by molar-refractivity contribution is 6.11. The Balaban J connectivity index is 2.41. The molecule has 0 aliphatic heterocycles. The van der Waals surface area contributed by atoms with Crippen LogP contribution in [0.5, 0.6) is 0 Å². The number of carbonyl (C=O) groups excluding carboxylic acids is 2. The summed E-state index contributed by atoms with van der Waals surface area (Å²) in [5.74, 6) is -2.94. The molecule has 0 radical (unpaired) electrons. The Kier molecular flexibility index (Phi) is 5.96. The van der Waals surface area contributed by atoms with Crippen LogP contribution >= 0.6 is 0 Å². The van der Waals surface area contributed by atoms with Gasteiger partial charge in [0.2, 0.25) is 11.7 Å². The van der Waals surface area contributed by atoms with Crippen molar-refractivity contribution in [2.75, 3.05) is 5.32 Å². The van der Waals surface area contributed by atoms with E-state index in [9.17, 15) is 18.8 Å². The van der Waals surface area contributed by atoms with Crippen LogP contribution in [0.1, 0.15) is 44.7 Å². The second-order valence-electron chi connectivity index (χ2n) is 7.97. The zero-order valence-corrected chi connectivity index (χ0v) is 16.1. The summed E-state index contributed by atoms with van der Waals surface area (Å²) in [5.41, 5.74) is 5.23. The fourth-order valence-corrected chi connectivity index (χ4v) is 3.25. The summed E-state index contributed by atoms with van der Waals surface area (Å²) in [4.78, 5) is 35.7. The van der Waals surface area contributed by atoms with Gasteiger partial charge < -0.3 is 25.9 Å². The number of hydrogen-bond donors (Lipinski definition) is 4. The zero-order chi connectivity index (χ0) is 21.2. The summed E-state index contributed by atoms with van der Waals surface area (Å²) in [6, 6.07) is 2.44. The van der Waals surface area contributed by atoms with Crippen molar-refractivity contribution in [2.24, 2.45) is 17.1 Å². The van der Waals surface area contributed by atoms with E-state index in [2.05, 4.69) is 10.6 Å². The van der Waals surface area contributed by atoms with Crippen LogP contribution in [-0.2, 0) is 4.79 Å². The molecule has 1 unspecified atom stereocenters. The Hall–Kier alpha value is -3.10. The van der Waals surface area contributed by atoms with Crippen LogP contribution in [-0.4, -0.2) is 29.1 Å². The van der Waals surface area contributed by atoms with E-state index in [-0.39, 0.29) is 33.7 Å². The fourth-order valence-electron chi connectivity index (χ4n) is 3.25. The average Bonchev–Trinajstić information content (AvgIpc) is 2.88. The first-order chi connectivity index (χ1) is 12.9. The Labute approximate surface area is 161 Å². The van der Waals surface area contributed by atoms with Gasteiger partial charge in [0, 0.05) is 5.39 Å². The summed E-state index contributed by atoms with van der Waals surface area (Å²) in [6.07, 6.45) is -0.812. The number of amides is 3. The molecular formula is C19H24FN3O5. The average molecular weight is 393 g/mol. The molecular weight excluding hydrogens is 369 g/mol. The number of halogens is 1. The minimum Gasteiger partial charge on any atom is -0.465 e. The van der Waals surface area contributed by atoms with Gasteiger partial charge in [0.15, 0.2) is 0 Å². The summed E-state index contributed by atoms with van der Waals surface area (Å²) in [6.45, 7) is 7.65. The van der Waals surface area contributed by atoms with Gasteiger partial charge in [-0.15, -0.1) is 0 Å². The first kappa shape index (κ1) is 21.2. The van der Waals surface area contributed by atoms with E-state index in [4.69, 9.17) is 15.3 Å². The van der Waals surface area contributed by atoms with Gasteiger partial charge in [0.05, 0.1) is 0 Å². The molecule has 1 heterocycles. The molecule has 5 N–H and O–H groups in total. The molecule has 9 heteroatoms. The van der Waals surface area contributed by atoms with Crippen molar-refractivity contribution < 1.29 is 28.3 Å². The molecule has 2 aromatic rings. The number of carbonyl (C=O) groups is 3. The zero-order valence-electron chi connectivity index (χ0n) is 16.1. The number of primary amides is 1. The van der Waals surface area contributed by atoms with Crippen LogP contribution in [0.15, 0.2) is 22.6 Å². The molecule has 0 spiro atoms. The standard InChI is InChI=1S/C19H24FN3O5/c1-9(8-19(2,3)4)13(23-18(26)27)17(25)22-14-11-7-10(20)5-6-12(11)28-15(14)16(21)24/h5-7,9,13,23H,8H2,1-4H3,(H2,21,24)(H,22,25)(H,26,27)/t9-,13?/m1/s1. The molecule has 0 saturated heterocycles. The first-order valence-corrected chi connectivity index (χ1v) is 8.71. The van der Waals surface area contributed by atoms with E-state index in [0.717, 1.165) is 12.1 Å². The fraction of sp³-hybridized carbons (Fsp3) is 0.421. The number of nitrogens with two attached hydrogens (primary N) is 1. The van der Waals surface area contributed by atoms with E-state index in [1.165, 1.54) is 6.07 Å². The van der Waals surface area contributed by atoms with Gasteiger partial charge in [-0.3, -0.25) is 9.59 Å². The molecule has 1 aromatic heterocycles. The third kappa shape index (κ3) is 4.99. The third-order valence-corrected chi connectivity index (χ3v) is 4.19. The number of furan rings is 1. The van der Waals surface area contributed by atoms with E-state index in [1.54, 1.807) is 6.92 Å². The number of anilines is 1. The summed E-state index contributed by atoms with van der Waals surface area (Å²) in [7, 11) is 0. The van der Waals surface area contributed by atoms with Crippen molar-refractivity contribution in [3.63, 3.8) is 0 Å². The molecule has 0 aliphatic carbocycles. The lowest BCUT2D eigenvalue weighted by atomic mass is 9.82. The first-order valence-electron chi connectivity index (χ1n) is 8.71. The Bertz CT molecular complexity index is 916. The van der Waals surface area contributed by atoms with Gasteiger partial charge in [-0.25, -0.2) is 9.18 Å². The summed E-state index contributed by atoms with van der Waals surface area (Å²) >= 11 is 0. The molecule has 3 amide bonds. The van der Waals surface area contributed by atoms with Gasteiger partial charge >= 0.3 is 6.09 Å². The Morgan fingerprint density at radius 3 is 2.46 bits per heavy atom. The molecule has 2 atom stereocenters. The number of rotatable bonds is 6. The molecule has 2 rings (SSSR count). The Morgan fingerprint density at radius 1 is 1.29 bits per heavy atom. The predicted molar refractivity (Wildman–Crippen MR) is 102 cm³/mol. The second-order valence-corrected chi connectivity index (χ2v) is 7.97. The van der Waals surface area contributed by atoms with E-state index >= 15 is 0 Å². The molecule has 152 valence electrons. The summed E-state index contributed by atoms with van der Waals surface area (Å²) < 4.78 is 19.0. The maximum atomic E-state index is 13.6. The largest absolute Gasteiger partial charge is 0.465 e. The molecule has 0 saturated carbocycles. The highest BCUT2D eigenvalue weighted by atomic mass is 19.1. The minimum atomic E-state index is -1.36. The minimum absolute atomic E-state index is 0.0906. The number of nitrogens with one attached hydrogen (secondary N) is 2. The summed E-state index contributed by atoms with van der Waals surface area (Å²) in [5, 5.41) is 14.0. The predicted octanol–water partition coefficient (Wildman–Crippen LogP) is 3.32. The van der Waals surface area contributed by atoms with Crippen molar-refractivity contribution in [1.29, 1.82) is 0 Å². The van der Waals surface area contributed by atoms with Crippen molar-refractivity contribution >= 4 is 34.6 Å². The SMILES string of the molecule is C[C@H](CC(C)(C)C)C(NC(=O)O)C(=O)Nc1c(C(N)=O)oc2ccc(F)cc12. The van der Waals surface area contributed by atoms with Crippen molar-refractivity contribution in [2.45, 2.75) is 40.2 Å². The van der Waals surface area contributed by atoms with Crippen molar-refractivity contribution in [3.8, 4) is 0 Å². The maximum Gasteiger partial charge on any atom is 0.405 e. The lowest BCUT2D eigenvalue weighted by Crippen LogP contribution is -2.48. The highest BCUT2D eigenvalue weighted by Gasteiger charge is 2.32. The number of benzene rings is 1. The lowest BCUT2D eigenvalue weighted by Gasteiger charge is -2.29. The molecule has 1 aromatic carbocycles. The number of hydrogen-bond acceptors (Lipinski definition) is 4. The maximum absolute atomic E-state index is 13.6. The van der Waals surface area contributed by atoms with Crippen LogP contribution < -0.4 is 16.4 Å². The van der Waals surface area contributed by atoms with Gasteiger partial charge in [-0.2, -0.15) is 0 Å². The van der Waals surface area contributed by atoms with Crippen LogP contribution in [0.25, 0.3) is 11.0 Å². The van der Waals surface area contributed by atoms with Gasteiger partial charge in [-0.05, 0) is 36.0 Å². The van der Waals surface area contributed by atoms with E-state index in [0.29, 0.717) is 6.42 Å². The topological polar surface area (TPSA) is 135 Å². The molecule has 0 aliphatic rings. The van der Waals surface area contributed by atoms with Crippen LogP contribution in [0, 0.1) is 17.2 Å². The molecule has 28 heavy (non-hydrogen) atoms. The monoisotopic (exact) mass is 393 g/mol. The van der Waals surface area contributed by atoms with Crippen LogP contribution in [0.3, 0.4) is 0 Å². The highest BCUT2D eigenvalue weighted by Crippen LogP contribution is 2.32. The van der Waals surface area contributed by atoms with Crippen molar-refractivity contribution in [3.05, 3.63) is 29.8 Å². The van der Waals surface area contributed by atoms with Gasteiger partial charge in [-0.1, -0.05) is 27.7 Å².